The van der Waals surface area contributed by atoms with Crippen LogP contribution in [-0.4, -0.2) is 5.54 Å². The zero-order chi connectivity index (χ0) is 20.0. The van der Waals surface area contributed by atoms with Crippen LogP contribution < -0.4 is 10.5 Å². The Balaban J connectivity index is 1.92. The van der Waals surface area contributed by atoms with Gasteiger partial charge in [0.1, 0.15) is 12.4 Å². The van der Waals surface area contributed by atoms with Crippen molar-refractivity contribution >= 4 is 0 Å². The van der Waals surface area contributed by atoms with Gasteiger partial charge in [-0.05, 0) is 50.8 Å². The molecule has 0 saturated carbocycles. The normalized spacial score (nSPS) is 12.6. The van der Waals surface area contributed by atoms with Gasteiger partial charge in [-0.25, -0.2) is 0 Å². The number of hydrogen-bond donors (Lipinski definition) is 1. The van der Waals surface area contributed by atoms with E-state index in [-0.39, 0.29) is 11.5 Å². The van der Waals surface area contributed by atoms with Crippen LogP contribution in [-0.2, 0) is 6.61 Å². The van der Waals surface area contributed by atoms with Crippen molar-refractivity contribution in [1.82, 2.24) is 0 Å². The molecule has 2 nitrogen and oxygen atoms in total. The van der Waals surface area contributed by atoms with E-state index < -0.39 is 0 Å². The van der Waals surface area contributed by atoms with E-state index in [1.165, 1.54) is 22.3 Å². The second-order valence-electron chi connectivity index (χ2n) is 8.31. The molecule has 0 amide bonds. The Hall–Kier alpha value is -2.58. The number of hydrogen-bond acceptors (Lipinski definition) is 2. The van der Waals surface area contributed by atoms with Gasteiger partial charge in [-0.3, -0.25) is 0 Å². The summed E-state index contributed by atoms with van der Waals surface area (Å²) < 4.78 is 6.28. The van der Waals surface area contributed by atoms with E-state index in [1.54, 1.807) is 0 Å². The standard InChI is InChI=1S/C26H31NO/c1-20-14-15-25(28-19-21-10-6-4-7-11-21)24(18-20)23(16-17-26(2,3)27)22-12-8-5-9-13-22/h4-15,18,23H,16-17,19,27H2,1-3H3. The zero-order valence-electron chi connectivity index (χ0n) is 17.2. The van der Waals surface area contributed by atoms with Gasteiger partial charge >= 0.3 is 0 Å². The van der Waals surface area contributed by atoms with Crippen molar-refractivity contribution in [1.29, 1.82) is 0 Å². The Morgan fingerprint density at radius 2 is 1.54 bits per heavy atom. The van der Waals surface area contributed by atoms with Crippen LogP contribution >= 0.6 is 0 Å². The monoisotopic (exact) mass is 373 g/mol. The van der Waals surface area contributed by atoms with Crippen LogP contribution in [0.1, 0.15) is 54.9 Å². The van der Waals surface area contributed by atoms with Crippen LogP contribution in [0.15, 0.2) is 78.9 Å². The third-order valence-electron chi connectivity index (χ3n) is 5.06. The topological polar surface area (TPSA) is 35.2 Å². The maximum Gasteiger partial charge on any atom is 0.123 e. The first-order valence-corrected chi connectivity index (χ1v) is 10.0. The molecule has 3 rings (SSSR count). The molecule has 2 heteroatoms. The molecule has 0 aromatic heterocycles. The van der Waals surface area contributed by atoms with Crippen molar-refractivity contribution in [3.05, 3.63) is 101 Å². The average molecular weight is 374 g/mol. The lowest BCUT2D eigenvalue weighted by Gasteiger charge is -2.26. The lowest BCUT2D eigenvalue weighted by atomic mass is 9.83. The molecule has 0 bridgehead atoms. The van der Waals surface area contributed by atoms with E-state index in [1.807, 2.05) is 18.2 Å². The first kappa shape index (κ1) is 20.2. The maximum absolute atomic E-state index is 6.31. The van der Waals surface area contributed by atoms with Gasteiger partial charge < -0.3 is 10.5 Å². The van der Waals surface area contributed by atoms with Crippen LogP contribution in [0.2, 0.25) is 0 Å². The number of benzene rings is 3. The second kappa shape index (κ2) is 9.07. The summed E-state index contributed by atoms with van der Waals surface area (Å²) in [6.45, 7) is 6.90. The highest BCUT2D eigenvalue weighted by Gasteiger charge is 2.22. The Bertz CT molecular complexity index is 866. The van der Waals surface area contributed by atoms with Gasteiger partial charge in [-0.2, -0.15) is 0 Å². The van der Waals surface area contributed by atoms with Gasteiger partial charge in [-0.1, -0.05) is 78.4 Å². The van der Waals surface area contributed by atoms with Crippen LogP contribution in [0, 0.1) is 6.92 Å². The fourth-order valence-corrected chi connectivity index (χ4v) is 3.51. The van der Waals surface area contributed by atoms with Gasteiger partial charge in [0.05, 0.1) is 0 Å². The molecule has 0 radical (unpaired) electrons. The fourth-order valence-electron chi connectivity index (χ4n) is 3.51. The number of ether oxygens (including phenoxy) is 1. The van der Waals surface area contributed by atoms with Crippen LogP contribution in [0.25, 0.3) is 0 Å². The second-order valence-corrected chi connectivity index (χ2v) is 8.31. The van der Waals surface area contributed by atoms with E-state index in [0.717, 1.165) is 18.6 Å². The molecule has 0 aliphatic heterocycles. The number of nitrogens with two attached hydrogens (primary N) is 1. The van der Waals surface area contributed by atoms with Crippen molar-refractivity contribution in [2.75, 3.05) is 0 Å². The molecule has 0 fully saturated rings. The molecule has 1 atom stereocenters. The van der Waals surface area contributed by atoms with E-state index in [2.05, 4.69) is 81.4 Å². The molecule has 28 heavy (non-hydrogen) atoms. The van der Waals surface area contributed by atoms with E-state index >= 15 is 0 Å². The minimum absolute atomic E-state index is 0.193. The molecule has 1 unspecified atom stereocenters. The Morgan fingerprint density at radius 3 is 2.18 bits per heavy atom. The number of rotatable bonds is 8. The predicted molar refractivity (Wildman–Crippen MR) is 118 cm³/mol. The molecule has 0 heterocycles. The third-order valence-corrected chi connectivity index (χ3v) is 5.06. The smallest absolute Gasteiger partial charge is 0.123 e. The van der Waals surface area contributed by atoms with Crippen molar-refractivity contribution in [2.24, 2.45) is 5.73 Å². The van der Waals surface area contributed by atoms with Crippen molar-refractivity contribution in [3.63, 3.8) is 0 Å². The van der Waals surface area contributed by atoms with Crippen molar-refractivity contribution < 1.29 is 4.74 Å². The summed E-state index contributed by atoms with van der Waals surface area (Å²) in [6, 6.07) is 27.5. The first-order valence-electron chi connectivity index (χ1n) is 10.0. The molecule has 146 valence electrons. The summed E-state index contributed by atoms with van der Waals surface area (Å²) in [5.74, 6) is 1.22. The summed E-state index contributed by atoms with van der Waals surface area (Å²) in [5, 5.41) is 0. The predicted octanol–water partition coefficient (Wildman–Crippen LogP) is 6.22. The molecule has 3 aromatic carbocycles. The Kier molecular flexibility index (Phi) is 6.53. The highest BCUT2D eigenvalue weighted by Crippen LogP contribution is 2.37. The Labute approximate surface area is 169 Å². The lowest BCUT2D eigenvalue weighted by Crippen LogP contribution is -2.32. The molecule has 3 aromatic rings. The molecule has 0 aliphatic rings. The highest BCUT2D eigenvalue weighted by atomic mass is 16.5. The summed E-state index contributed by atoms with van der Waals surface area (Å²) in [7, 11) is 0. The van der Waals surface area contributed by atoms with Gasteiger partial charge in [0.25, 0.3) is 0 Å². The average Bonchev–Trinajstić information content (AvgIpc) is 2.68. The lowest BCUT2D eigenvalue weighted by molar-refractivity contribution is 0.300. The molecule has 2 N–H and O–H groups in total. The highest BCUT2D eigenvalue weighted by molar-refractivity contribution is 5.44. The van der Waals surface area contributed by atoms with Crippen LogP contribution in [0.5, 0.6) is 5.75 Å². The van der Waals surface area contributed by atoms with Gasteiger partial charge in [0.15, 0.2) is 0 Å². The minimum Gasteiger partial charge on any atom is -0.489 e. The molecular formula is C26H31NO. The molecule has 0 saturated heterocycles. The first-order chi connectivity index (χ1) is 13.4. The minimum atomic E-state index is -0.193. The van der Waals surface area contributed by atoms with Crippen LogP contribution in [0.4, 0.5) is 0 Å². The molecular weight excluding hydrogens is 342 g/mol. The van der Waals surface area contributed by atoms with E-state index in [0.29, 0.717) is 6.61 Å². The van der Waals surface area contributed by atoms with Crippen molar-refractivity contribution in [3.8, 4) is 5.75 Å². The van der Waals surface area contributed by atoms with Gasteiger partial charge in [-0.15, -0.1) is 0 Å². The quantitative estimate of drug-likeness (QED) is 0.508. The summed E-state index contributed by atoms with van der Waals surface area (Å²) in [5.41, 5.74) is 11.1. The van der Waals surface area contributed by atoms with E-state index in [9.17, 15) is 0 Å². The van der Waals surface area contributed by atoms with Gasteiger partial charge in [0.2, 0.25) is 0 Å². The fraction of sp³-hybridized carbons (Fsp3) is 0.308. The SMILES string of the molecule is Cc1ccc(OCc2ccccc2)c(C(CCC(C)(C)N)c2ccccc2)c1. The maximum atomic E-state index is 6.31. The zero-order valence-corrected chi connectivity index (χ0v) is 17.2. The summed E-state index contributed by atoms with van der Waals surface area (Å²) in [6.07, 6.45) is 1.93. The largest absolute Gasteiger partial charge is 0.489 e. The molecule has 0 aliphatic carbocycles. The number of aryl methyl sites for hydroxylation is 1. The van der Waals surface area contributed by atoms with Crippen LogP contribution in [0.3, 0.4) is 0 Å². The van der Waals surface area contributed by atoms with E-state index in [4.69, 9.17) is 10.5 Å². The van der Waals surface area contributed by atoms with Crippen molar-refractivity contribution in [2.45, 2.75) is 51.7 Å². The molecule has 0 spiro atoms. The summed E-state index contributed by atoms with van der Waals surface area (Å²) >= 11 is 0. The summed E-state index contributed by atoms with van der Waals surface area (Å²) in [4.78, 5) is 0. The Morgan fingerprint density at radius 1 is 0.893 bits per heavy atom. The third kappa shape index (κ3) is 5.71. The van der Waals surface area contributed by atoms with Gasteiger partial charge in [0, 0.05) is 17.0 Å².